The Bertz CT molecular complexity index is 908. The zero-order chi connectivity index (χ0) is 18.5. The smallest absolute Gasteiger partial charge is 0.407 e. The number of benzene rings is 1. The van der Waals surface area contributed by atoms with Crippen LogP contribution in [-0.2, 0) is 5.75 Å². The van der Waals surface area contributed by atoms with Gasteiger partial charge in [0.2, 0.25) is 0 Å². The molecule has 1 aliphatic heterocycles. The monoisotopic (exact) mass is 369 g/mol. The number of thioether (sulfide) groups is 1. The number of halogens is 1. The van der Waals surface area contributed by atoms with Gasteiger partial charge in [-0.15, -0.1) is 11.8 Å². The van der Waals surface area contributed by atoms with Gasteiger partial charge in [0.15, 0.2) is 0 Å². The summed E-state index contributed by atoms with van der Waals surface area (Å²) in [5, 5.41) is 18.6. The molecular formula is C19H16FN3O2S. The van der Waals surface area contributed by atoms with Crippen molar-refractivity contribution in [3.63, 3.8) is 0 Å². The maximum Gasteiger partial charge on any atom is 0.407 e. The summed E-state index contributed by atoms with van der Waals surface area (Å²) in [5.41, 5.74) is 2.67. The predicted octanol–water partition coefficient (Wildman–Crippen LogP) is 4.15. The molecule has 0 atom stereocenters. The van der Waals surface area contributed by atoms with Crippen molar-refractivity contribution in [2.45, 2.75) is 17.2 Å². The van der Waals surface area contributed by atoms with E-state index in [0.29, 0.717) is 36.4 Å². The summed E-state index contributed by atoms with van der Waals surface area (Å²) in [6, 6.07) is 12.0. The normalized spacial score (nSPS) is 13.8. The largest absolute Gasteiger partial charge is 0.465 e. The second-order valence-corrected chi connectivity index (χ2v) is 6.77. The third-order valence-electron chi connectivity index (χ3n) is 4.09. The zero-order valence-corrected chi connectivity index (χ0v) is 14.7. The molecule has 2 aromatic rings. The van der Waals surface area contributed by atoms with Crippen LogP contribution in [-0.4, -0.2) is 34.2 Å². The van der Waals surface area contributed by atoms with Crippen LogP contribution in [0.15, 0.2) is 47.5 Å². The Morgan fingerprint density at radius 2 is 2.23 bits per heavy atom. The van der Waals surface area contributed by atoms with Crippen molar-refractivity contribution in [3.05, 3.63) is 65.1 Å². The number of amides is 1. The summed E-state index contributed by atoms with van der Waals surface area (Å²) in [4.78, 5) is 16.9. The summed E-state index contributed by atoms with van der Waals surface area (Å²) >= 11 is 1.42. The minimum Gasteiger partial charge on any atom is -0.465 e. The molecule has 1 amide bonds. The number of aromatic nitrogens is 1. The average molecular weight is 369 g/mol. The highest BCUT2D eigenvalue weighted by Crippen LogP contribution is 2.26. The molecule has 0 spiro atoms. The van der Waals surface area contributed by atoms with Crippen molar-refractivity contribution in [2.75, 3.05) is 13.1 Å². The van der Waals surface area contributed by atoms with E-state index >= 15 is 0 Å². The number of carbonyl (C=O) groups is 1. The lowest BCUT2D eigenvalue weighted by molar-refractivity contribution is 0.150. The lowest BCUT2D eigenvalue weighted by atomic mass is 10.0. The minimum absolute atomic E-state index is 0.302. The molecule has 132 valence electrons. The molecule has 0 saturated carbocycles. The second-order valence-electron chi connectivity index (χ2n) is 5.78. The fraction of sp³-hybridized carbons (Fsp3) is 0.211. The molecule has 0 aliphatic carbocycles. The molecule has 1 N–H and O–H groups in total. The Hall–Kier alpha value is -2.85. The topological polar surface area (TPSA) is 77.2 Å². The molecule has 1 aromatic carbocycles. The quantitative estimate of drug-likeness (QED) is 0.819. The lowest BCUT2D eigenvalue weighted by Crippen LogP contribution is -2.33. The van der Waals surface area contributed by atoms with E-state index in [1.807, 2.05) is 30.3 Å². The van der Waals surface area contributed by atoms with Crippen molar-refractivity contribution < 1.29 is 14.3 Å². The fourth-order valence-corrected chi connectivity index (χ4v) is 3.51. The maximum absolute atomic E-state index is 14.0. The number of pyridine rings is 1. The van der Waals surface area contributed by atoms with Crippen LogP contribution in [0.25, 0.3) is 5.57 Å². The third-order valence-corrected chi connectivity index (χ3v) is 5.07. The van der Waals surface area contributed by atoms with Crippen LogP contribution in [0.2, 0.25) is 0 Å². The van der Waals surface area contributed by atoms with E-state index in [1.165, 1.54) is 22.7 Å². The van der Waals surface area contributed by atoms with Crippen molar-refractivity contribution in [3.8, 4) is 6.07 Å². The molecule has 0 radical (unpaired) electrons. The molecule has 7 heteroatoms. The van der Waals surface area contributed by atoms with Crippen molar-refractivity contribution in [2.24, 2.45) is 0 Å². The summed E-state index contributed by atoms with van der Waals surface area (Å²) in [7, 11) is 0. The van der Waals surface area contributed by atoms with Gasteiger partial charge in [-0.25, -0.2) is 14.2 Å². The molecule has 0 bridgehead atoms. The molecule has 3 rings (SSSR count). The Balaban J connectivity index is 1.69. The van der Waals surface area contributed by atoms with E-state index in [2.05, 4.69) is 4.98 Å². The van der Waals surface area contributed by atoms with Crippen LogP contribution in [0.1, 0.15) is 23.2 Å². The molecule has 1 aromatic heterocycles. The van der Waals surface area contributed by atoms with Gasteiger partial charge in [-0.1, -0.05) is 18.2 Å². The molecule has 0 fully saturated rings. The number of hydrogen-bond acceptors (Lipinski definition) is 4. The van der Waals surface area contributed by atoms with E-state index in [4.69, 9.17) is 10.4 Å². The van der Waals surface area contributed by atoms with Gasteiger partial charge in [0.25, 0.3) is 0 Å². The fourth-order valence-electron chi connectivity index (χ4n) is 2.64. The van der Waals surface area contributed by atoms with Gasteiger partial charge in [0.05, 0.1) is 22.4 Å². The standard InChI is InChI=1S/C19H16FN3O2S/c20-16-10-13(11-21)4-5-15(16)12-26-18-3-1-2-17(22-18)14-6-8-23(9-7-14)19(24)25/h1-6,10H,7-9,12H2,(H,24,25). The highest BCUT2D eigenvalue weighted by molar-refractivity contribution is 7.98. The highest BCUT2D eigenvalue weighted by Gasteiger charge is 2.17. The Labute approximate surface area is 154 Å². The van der Waals surface area contributed by atoms with Crippen LogP contribution in [0.5, 0.6) is 0 Å². The summed E-state index contributed by atoms with van der Waals surface area (Å²) in [6.45, 7) is 0.816. The number of hydrogen-bond donors (Lipinski definition) is 1. The van der Waals surface area contributed by atoms with Crippen LogP contribution < -0.4 is 0 Å². The molecule has 0 saturated heterocycles. The van der Waals surface area contributed by atoms with Crippen LogP contribution in [0.3, 0.4) is 0 Å². The second kappa shape index (κ2) is 8.02. The third kappa shape index (κ3) is 4.21. The molecule has 26 heavy (non-hydrogen) atoms. The van der Waals surface area contributed by atoms with Crippen LogP contribution >= 0.6 is 11.8 Å². The van der Waals surface area contributed by atoms with Gasteiger partial charge in [0.1, 0.15) is 5.82 Å². The van der Waals surface area contributed by atoms with E-state index in [1.54, 1.807) is 12.1 Å². The number of rotatable bonds is 4. The number of nitriles is 1. The summed E-state index contributed by atoms with van der Waals surface area (Å²) in [5.74, 6) is 0.0243. The lowest BCUT2D eigenvalue weighted by Gasteiger charge is -2.23. The maximum atomic E-state index is 14.0. The van der Waals surface area contributed by atoms with Gasteiger partial charge in [-0.3, -0.25) is 0 Å². The zero-order valence-electron chi connectivity index (χ0n) is 13.9. The van der Waals surface area contributed by atoms with Crippen molar-refractivity contribution >= 4 is 23.4 Å². The SMILES string of the molecule is N#Cc1ccc(CSc2cccc(C3=CCN(C(=O)O)CC3)n2)c(F)c1. The molecule has 5 nitrogen and oxygen atoms in total. The molecule has 1 aliphatic rings. The van der Waals surface area contributed by atoms with E-state index in [-0.39, 0.29) is 0 Å². The van der Waals surface area contributed by atoms with Gasteiger partial charge in [-0.05, 0) is 41.8 Å². The first-order valence-electron chi connectivity index (χ1n) is 8.02. The van der Waals surface area contributed by atoms with Gasteiger partial charge < -0.3 is 10.0 Å². The number of nitrogens with zero attached hydrogens (tertiary/aromatic N) is 3. The molecule has 2 heterocycles. The predicted molar refractivity (Wildman–Crippen MR) is 97.1 cm³/mol. The average Bonchev–Trinajstić information content (AvgIpc) is 2.67. The molecule has 0 unspecified atom stereocenters. The van der Waals surface area contributed by atoms with Crippen molar-refractivity contribution in [1.82, 2.24) is 9.88 Å². The highest BCUT2D eigenvalue weighted by atomic mass is 32.2. The van der Waals surface area contributed by atoms with Crippen LogP contribution in [0.4, 0.5) is 9.18 Å². The Morgan fingerprint density at radius 3 is 2.88 bits per heavy atom. The van der Waals surface area contributed by atoms with Gasteiger partial charge in [0, 0.05) is 18.8 Å². The Morgan fingerprint density at radius 1 is 1.38 bits per heavy atom. The van der Waals surface area contributed by atoms with E-state index < -0.39 is 11.9 Å². The first-order chi connectivity index (χ1) is 12.6. The first-order valence-corrected chi connectivity index (χ1v) is 9.01. The molecular weight excluding hydrogens is 353 g/mol. The summed E-state index contributed by atoms with van der Waals surface area (Å²) in [6.07, 6.45) is 1.59. The Kier molecular flexibility index (Phi) is 5.54. The van der Waals surface area contributed by atoms with Gasteiger partial charge in [-0.2, -0.15) is 5.26 Å². The van der Waals surface area contributed by atoms with Crippen LogP contribution in [0, 0.1) is 17.1 Å². The minimum atomic E-state index is -0.915. The first kappa shape index (κ1) is 18.0. The van der Waals surface area contributed by atoms with Gasteiger partial charge >= 0.3 is 6.09 Å². The van der Waals surface area contributed by atoms with Crippen molar-refractivity contribution in [1.29, 1.82) is 5.26 Å². The van der Waals surface area contributed by atoms with E-state index in [0.717, 1.165) is 16.3 Å². The summed E-state index contributed by atoms with van der Waals surface area (Å²) < 4.78 is 14.0. The van der Waals surface area contributed by atoms with E-state index in [9.17, 15) is 9.18 Å². The number of carboxylic acid groups (broad SMARTS) is 1.